The van der Waals surface area contributed by atoms with E-state index in [0.29, 0.717) is 6.04 Å². The molecule has 1 heterocycles. The van der Waals surface area contributed by atoms with Crippen LogP contribution in [0.4, 0.5) is 0 Å². The Labute approximate surface area is 122 Å². The number of hydrogen-bond donors (Lipinski definition) is 1. The summed E-state index contributed by atoms with van der Waals surface area (Å²) >= 11 is 0. The lowest BCUT2D eigenvalue weighted by atomic mass is 9.87. The molecule has 0 aliphatic rings. The lowest BCUT2D eigenvalue weighted by Gasteiger charge is -2.19. The van der Waals surface area contributed by atoms with Gasteiger partial charge in [0.2, 0.25) is 0 Å². The van der Waals surface area contributed by atoms with E-state index in [1.807, 2.05) is 12.4 Å². The van der Waals surface area contributed by atoms with Crippen molar-refractivity contribution in [2.75, 3.05) is 0 Å². The number of pyridine rings is 1. The zero-order chi connectivity index (χ0) is 14.6. The predicted molar refractivity (Wildman–Crippen MR) is 84.6 cm³/mol. The Balaban J connectivity index is 1.94. The molecule has 0 amide bonds. The smallest absolute Gasteiger partial charge is 0.0296 e. The van der Waals surface area contributed by atoms with Crippen LogP contribution in [-0.2, 0) is 12.0 Å². The lowest BCUT2D eigenvalue weighted by molar-refractivity contribution is 0.571. The van der Waals surface area contributed by atoms with Gasteiger partial charge >= 0.3 is 0 Å². The molecule has 2 nitrogen and oxygen atoms in total. The molecule has 1 aromatic carbocycles. The van der Waals surface area contributed by atoms with E-state index in [1.54, 1.807) is 0 Å². The molecular formula is C18H24N2. The number of nitrogens with zero attached hydrogens (tertiary/aromatic N) is 1. The first kappa shape index (κ1) is 14.7. The second-order valence-corrected chi connectivity index (χ2v) is 6.33. The number of benzene rings is 1. The maximum atomic E-state index is 4.05. The van der Waals surface area contributed by atoms with Crippen molar-refractivity contribution in [3.8, 4) is 0 Å². The molecule has 0 aliphatic carbocycles. The summed E-state index contributed by atoms with van der Waals surface area (Å²) in [4.78, 5) is 4.05. The number of rotatable bonds is 4. The van der Waals surface area contributed by atoms with Gasteiger partial charge in [-0.05, 0) is 41.2 Å². The van der Waals surface area contributed by atoms with Gasteiger partial charge in [-0.15, -0.1) is 0 Å². The first-order valence-electron chi connectivity index (χ1n) is 7.19. The van der Waals surface area contributed by atoms with Gasteiger partial charge in [0.15, 0.2) is 0 Å². The Hall–Kier alpha value is -1.67. The standard InChI is InChI=1S/C18H24N2/c1-14(16-9-11-19-12-10-16)20-13-15-5-7-17(8-6-15)18(2,3)4/h5-12,14,20H,13H2,1-4H3. The van der Waals surface area contributed by atoms with Gasteiger partial charge in [-0.3, -0.25) is 4.98 Å². The average Bonchev–Trinajstić information content (AvgIpc) is 2.45. The van der Waals surface area contributed by atoms with Crippen molar-refractivity contribution in [3.63, 3.8) is 0 Å². The van der Waals surface area contributed by atoms with Crippen LogP contribution in [0.25, 0.3) is 0 Å². The number of hydrogen-bond acceptors (Lipinski definition) is 2. The highest BCUT2D eigenvalue weighted by Gasteiger charge is 2.12. The van der Waals surface area contributed by atoms with Crippen LogP contribution in [0.2, 0.25) is 0 Å². The van der Waals surface area contributed by atoms with Crippen LogP contribution in [0.5, 0.6) is 0 Å². The van der Waals surface area contributed by atoms with Crippen molar-refractivity contribution >= 4 is 0 Å². The molecule has 20 heavy (non-hydrogen) atoms. The monoisotopic (exact) mass is 268 g/mol. The summed E-state index contributed by atoms with van der Waals surface area (Å²) in [5.41, 5.74) is 4.18. The molecule has 0 radical (unpaired) electrons. The first-order chi connectivity index (χ1) is 9.47. The Morgan fingerprint density at radius 1 is 1.00 bits per heavy atom. The molecule has 1 N–H and O–H groups in total. The fourth-order valence-corrected chi connectivity index (χ4v) is 2.16. The molecule has 2 heteroatoms. The van der Waals surface area contributed by atoms with E-state index in [4.69, 9.17) is 0 Å². The summed E-state index contributed by atoms with van der Waals surface area (Å²) in [5.74, 6) is 0. The van der Waals surface area contributed by atoms with E-state index in [9.17, 15) is 0 Å². The summed E-state index contributed by atoms with van der Waals surface area (Å²) in [5, 5.41) is 3.55. The van der Waals surface area contributed by atoms with Crippen molar-refractivity contribution in [1.29, 1.82) is 0 Å². The molecule has 0 saturated heterocycles. The topological polar surface area (TPSA) is 24.9 Å². The van der Waals surface area contributed by atoms with Gasteiger partial charge in [0.05, 0.1) is 0 Å². The van der Waals surface area contributed by atoms with E-state index >= 15 is 0 Å². The molecule has 1 aromatic heterocycles. The SMILES string of the molecule is CC(NCc1ccc(C(C)(C)C)cc1)c1ccncc1. The summed E-state index contributed by atoms with van der Waals surface area (Å²) in [6.45, 7) is 9.79. The first-order valence-corrected chi connectivity index (χ1v) is 7.19. The molecule has 0 spiro atoms. The Morgan fingerprint density at radius 2 is 1.60 bits per heavy atom. The minimum atomic E-state index is 0.219. The van der Waals surface area contributed by atoms with Crippen LogP contribution in [0.1, 0.15) is 50.4 Å². The molecule has 0 bridgehead atoms. The zero-order valence-electron chi connectivity index (χ0n) is 12.9. The molecule has 0 saturated carbocycles. The third kappa shape index (κ3) is 3.91. The van der Waals surface area contributed by atoms with E-state index in [2.05, 4.69) is 74.4 Å². The normalized spacial score (nSPS) is 13.2. The van der Waals surface area contributed by atoms with Gasteiger partial charge in [-0.25, -0.2) is 0 Å². The summed E-state index contributed by atoms with van der Waals surface area (Å²) in [6, 6.07) is 13.3. The maximum absolute atomic E-state index is 4.05. The maximum Gasteiger partial charge on any atom is 0.0296 e. The van der Waals surface area contributed by atoms with Gasteiger partial charge in [0.1, 0.15) is 0 Å². The second kappa shape index (κ2) is 6.19. The molecule has 0 aliphatic heterocycles. The van der Waals surface area contributed by atoms with E-state index in [0.717, 1.165) is 6.54 Å². The van der Waals surface area contributed by atoms with Gasteiger partial charge < -0.3 is 5.32 Å². The van der Waals surface area contributed by atoms with Gasteiger partial charge in [0, 0.05) is 25.0 Å². The Bertz CT molecular complexity index is 524. The Morgan fingerprint density at radius 3 is 2.15 bits per heavy atom. The number of aromatic nitrogens is 1. The highest BCUT2D eigenvalue weighted by molar-refractivity contribution is 5.27. The van der Waals surface area contributed by atoms with Crippen molar-refractivity contribution < 1.29 is 0 Å². The zero-order valence-corrected chi connectivity index (χ0v) is 12.9. The van der Waals surface area contributed by atoms with Crippen LogP contribution in [0.3, 0.4) is 0 Å². The van der Waals surface area contributed by atoms with Crippen molar-refractivity contribution in [3.05, 3.63) is 65.5 Å². The predicted octanol–water partition coefficient (Wildman–Crippen LogP) is 4.23. The fourth-order valence-electron chi connectivity index (χ4n) is 2.16. The van der Waals surface area contributed by atoms with Crippen LogP contribution < -0.4 is 5.32 Å². The minimum absolute atomic E-state index is 0.219. The van der Waals surface area contributed by atoms with E-state index < -0.39 is 0 Å². The minimum Gasteiger partial charge on any atom is -0.306 e. The van der Waals surface area contributed by atoms with Gasteiger partial charge in [-0.1, -0.05) is 45.0 Å². The Kier molecular flexibility index (Phi) is 4.56. The average molecular weight is 268 g/mol. The lowest BCUT2D eigenvalue weighted by Crippen LogP contribution is -2.18. The molecule has 0 fully saturated rings. The van der Waals surface area contributed by atoms with Crippen molar-refractivity contribution in [1.82, 2.24) is 10.3 Å². The fraction of sp³-hybridized carbons (Fsp3) is 0.389. The summed E-state index contributed by atoms with van der Waals surface area (Å²) < 4.78 is 0. The van der Waals surface area contributed by atoms with Crippen LogP contribution >= 0.6 is 0 Å². The largest absolute Gasteiger partial charge is 0.306 e. The molecular weight excluding hydrogens is 244 g/mol. The van der Waals surface area contributed by atoms with Crippen LogP contribution in [-0.4, -0.2) is 4.98 Å². The summed E-state index contributed by atoms with van der Waals surface area (Å²) in [7, 11) is 0. The number of nitrogens with one attached hydrogen (secondary N) is 1. The van der Waals surface area contributed by atoms with Crippen LogP contribution in [0, 0.1) is 0 Å². The molecule has 2 rings (SSSR count). The highest BCUT2D eigenvalue weighted by Crippen LogP contribution is 2.22. The molecule has 106 valence electrons. The highest BCUT2D eigenvalue weighted by atomic mass is 14.9. The quantitative estimate of drug-likeness (QED) is 0.897. The van der Waals surface area contributed by atoms with Gasteiger partial charge in [-0.2, -0.15) is 0 Å². The van der Waals surface area contributed by atoms with Gasteiger partial charge in [0.25, 0.3) is 0 Å². The van der Waals surface area contributed by atoms with Crippen molar-refractivity contribution in [2.24, 2.45) is 0 Å². The van der Waals surface area contributed by atoms with E-state index in [1.165, 1.54) is 16.7 Å². The molecule has 1 atom stereocenters. The van der Waals surface area contributed by atoms with Crippen LogP contribution in [0.15, 0.2) is 48.8 Å². The van der Waals surface area contributed by atoms with Crippen molar-refractivity contribution in [2.45, 2.75) is 45.7 Å². The summed E-state index contributed by atoms with van der Waals surface area (Å²) in [6.07, 6.45) is 3.68. The molecule has 2 aromatic rings. The third-order valence-corrected chi connectivity index (χ3v) is 3.64. The third-order valence-electron chi connectivity index (χ3n) is 3.64. The second-order valence-electron chi connectivity index (χ2n) is 6.33. The molecule has 1 unspecified atom stereocenters. The van der Waals surface area contributed by atoms with E-state index in [-0.39, 0.29) is 5.41 Å².